The van der Waals surface area contributed by atoms with Gasteiger partial charge in [0.05, 0.1) is 25.3 Å². The van der Waals surface area contributed by atoms with Gasteiger partial charge in [0.25, 0.3) is 0 Å². The summed E-state index contributed by atoms with van der Waals surface area (Å²) in [5, 5.41) is 9.76. The van der Waals surface area contributed by atoms with Crippen LogP contribution in [-0.4, -0.2) is 74.4 Å². The van der Waals surface area contributed by atoms with Crippen molar-refractivity contribution in [3.63, 3.8) is 0 Å². The van der Waals surface area contributed by atoms with Crippen molar-refractivity contribution in [1.82, 2.24) is 9.80 Å². The Balaban J connectivity index is 1.91. The molecule has 1 aliphatic rings. The lowest BCUT2D eigenvalue weighted by Crippen LogP contribution is -2.47. The van der Waals surface area contributed by atoms with Crippen molar-refractivity contribution in [1.29, 1.82) is 0 Å². The molecular weight excluding hydrogens is 454 g/mol. The molecule has 2 aromatic rings. The number of benzene rings is 2. The lowest BCUT2D eigenvalue weighted by Gasteiger charge is -2.34. The number of nitrogens with zero attached hydrogens (tertiary/aromatic N) is 2. The first-order chi connectivity index (χ1) is 16.1. The van der Waals surface area contributed by atoms with Crippen molar-refractivity contribution in [3.8, 4) is 5.75 Å². The van der Waals surface area contributed by atoms with Crippen molar-refractivity contribution in [2.75, 3.05) is 37.7 Å². The number of aliphatic hydroxyl groups excluding tert-OH is 1. The first-order valence-corrected chi connectivity index (χ1v) is 13.3. The second-order valence-corrected chi connectivity index (χ2v) is 11.0. The van der Waals surface area contributed by atoms with Gasteiger partial charge in [0, 0.05) is 36.8 Å². The van der Waals surface area contributed by atoms with E-state index in [1.54, 1.807) is 23.1 Å². The minimum atomic E-state index is -3.46. The number of hydrogen-bond donors (Lipinski definition) is 2. The predicted molar refractivity (Wildman–Crippen MR) is 133 cm³/mol. The van der Waals surface area contributed by atoms with Gasteiger partial charge in [-0.3, -0.25) is 14.4 Å². The van der Waals surface area contributed by atoms with Crippen LogP contribution in [0, 0.1) is 5.92 Å². The molecule has 0 bridgehead atoms. The fourth-order valence-corrected chi connectivity index (χ4v) is 4.75. The molecule has 0 fully saturated rings. The van der Waals surface area contributed by atoms with E-state index in [0.29, 0.717) is 30.1 Å². The number of rotatable bonds is 8. The van der Waals surface area contributed by atoms with Gasteiger partial charge in [-0.2, -0.15) is 0 Å². The first-order valence-electron chi connectivity index (χ1n) is 11.5. The number of carbonyl (C=O) groups is 1. The van der Waals surface area contributed by atoms with E-state index in [2.05, 4.69) is 28.7 Å². The Bertz CT molecular complexity index is 1080. The Labute approximate surface area is 202 Å². The van der Waals surface area contributed by atoms with Crippen LogP contribution < -0.4 is 9.46 Å². The van der Waals surface area contributed by atoms with Gasteiger partial charge in [0.15, 0.2) is 0 Å². The number of sulfonamides is 1. The number of ether oxygens (including phenoxy) is 1. The number of likely N-dealkylation sites (N-methyl/N-ethyl adjacent to an activating group) is 1. The van der Waals surface area contributed by atoms with Crippen LogP contribution in [0.2, 0.25) is 0 Å². The van der Waals surface area contributed by atoms with E-state index in [-0.39, 0.29) is 37.0 Å². The van der Waals surface area contributed by atoms with Crippen molar-refractivity contribution < 1.29 is 23.1 Å². The highest BCUT2D eigenvalue weighted by Crippen LogP contribution is 2.29. The van der Waals surface area contributed by atoms with Gasteiger partial charge in [-0.05, 0) is 37.7 Å². The molecule has 0 saturated carbocycles. The molecule has 3 rings (SSSR count). The van der Waals surface area contributed by atoms with Crippen molar-refractivity contribution in [2.45, 2.75) is 39.0 Å². The van der Waals surface area contributed by atoms with E-state index in [9.17, 15) is 18.3 Å². The van der Waals surface area contributed by atoms with E-state index in [0.717, 1.165) is 12.8 Å². The maximum Gasteiger partial charge on any atom is 0.229 e. The Kier molecular flexibility index (Phi) is 8.57. The minimum absolute atomic E-state index is 0.00376. The molecular formula is C25H35N3O5S. The maximum absolute atomic E-state index is 13.2. The summed E-state index contributed by atoms with van der Waals surface area (Å²) < 4.78 is 32.4. The number of fused-ring (bicyclic) bond motifs is 1. The molecule has 0 unspecified atom stereocenters. The van der Waals surface area contributed by atoms with Gasteiger partial charge in [-0.15, -0.1) is 0 Å². The Hall–Kier alpha value is -2.62. The number of nitrogens with one attached hydrogen (secondary N) is 1. The number of aliphatic hydroxyl groups is 1. The summed E-state index contributed by atoms with van der Waals surface area (Å²) >= 11 is 0. The van der Waals surface area contributed by atoms with Crippen molar-refractivity contribution in [2.24, 2.45) is 5.92 Å². The topological polar surface area (TPSA) is 99.2 Å². The molecule has 2 N–H and O–H groups in total. The van der Waals surface area contributed by atoms with Crippen LogP contribution in [-0.2, 0) is 27.8 Å². The summed E-state index contributed by atoms with van der Waals surface area (Å²) in [5.74, 6) is 0.430. The molecule has 2 aromatic carbocycles. The molecule has 186 valence electrons. The molecule has 8 nitrogen and oxygen atoms in total. The zero-order valence-electron chi connectivity index (χ0n) is 20.3. The zero-order valence-corrected chi connectivity index (χ0v) is 21.1. The molecule has 0 saturated heterocycles. The highest BCUT2D eigenvalue weighted by Gasteiger charge is 2.31. The Morgan fingerprint density at radius 3 is 2.59 bits per heavy atom. The van der Waals surface area contributed by atoms with Crippen LogP contribution in [0.5, 0.6) is 5.75 Å². The van der Waals surface area contributed by atoms with Gasteiger partial charge in [0.2, 0.25) is 15.9 Å². The average Bonchev–Trinajstić information content (AvgIpc) is 2.81. The molecule has 3 atom stereocenters. The fourth-order valence-electron chi connectivity index (χ4n) is 4.19. The number of hydrogen-bond acceptors (Lipinski definition) is 6. The van der Waals surface area contributed by atoms with Crippen LogP contribution in [0.1, 0.15) is 25.0 Å². The molecule has 9 heteroatoms. The summed E-state index contributed by atoms with van der Waals surface area (Å²) in [4.78, 5) is 17.1. The molecule has 1 aliphatic heterocycles. The lowest BCUT2D eigenvalue weighted by molar-refractivity contribution is -0.134. The largest absolute Gasteiger partial charge is 0.488 e. The van der Waals surface area contributed by atoms with E-state index < -0.39 is 10.0 Å². The normalized spacial score (nSPS) is 20.1. The van der Waals surface area contributed by atoms with Crippen molar-refractivity contribution in [3.05, 3.63) is 59.7 Å². The molecule has 1 heterocycles. The van der Waals surface area contributed by atoms with E-state index >= 15 is 0 Å². The molecule has 34 heavy (non-hydrogen) atoms. The summed E-state index contributed by atoms with van der Waals surface area (Å²) in [7, 11) is -1.42. The van der Waals surface area contributed by atoms with E-state index in [1.165, 1.54) is 5.56 Å². The van der Waals surface area contributed by atoms with Gasteiger partial charge < -0.3 is 14.7 Å². The molecule has 1 amide bonds. The van der Waals surface area contributed by atoms with Gasteiger partial charge >= 0.3 is 0 Å². The quantitative estimate of drug-likeness (QED) is 0.591. The summed E-state index contributed by atoms with van der Waals surface area (Å²) in [6, 6.07) is 14.9. The predicted octanol–water partition coefficient (Wildman–Crippen LogP) is 2.34. The monoisotopic (exact) mass is 489 g/mol. The van der Waals surface area contributed by atoms with Crippen LogP contribution in [0.25, 0.3) is 0 Å². The second-order valence-electron chi connectivity index (χ2n) is 9.27. The highest BCUT2D eigenvalue weighted by molar-refractivity contribution is 7.92. The van der Waals surface area contributed by atoms with Crippen LogP contribution in [0.4, 0.5) is 5.69 Å². The standard InChI is InChI=1S/C25H35N3O5S/c1-18-14-28(19(2)17-29)25(30)13-21-12-22(26-34(4,31)32)10-11-23(21)33-24(18)16-27(3)15-20-8-6-5-7-9-20/h5-12,18-19,24,26,29H,13-17H2,1-4H3/t18-,19-,24-/m0/s1. The summed E-state index contributed by atoms with van der Waals surface area (Å²) in [6.45, 7) is 5.58. The summed E-state index contributed by atoms with van der Waals surface area (Å²) in [6.07, 6.45) is 0.917. The third-order valence-electron chi connectivity index (χ3n) is 6.01. The highest BCUT2D eigenvalue weighted by atomic mass is 32.2. The van der Waals surface area contributed by atoms with Gasteiger partial charge in [0.1, 0.15) is 11.9 Å². The van der Waals surface area contributed by atoms with Crippen LogP contribution in [0.15, 0.2) is 48.5 Å². The molecule has 0 spiro atoms. The van der Waals surface area contributed by atoms with E-state index in [4.69, 9.17) is 4.74 Å². The molecule has 0 radical (unpaired) electrons. The van der Waals surface area contributed by atoms with Crippen LogP contribution in [0.3, 0.4) is 0 Å². The second kappa shape index (κ2) is 11.2. The molecule has 0 aliphatic carbocycles. The maximum atomic E-state index is 13.2. The SMILES string of the molecule is C[C@H]1CN([C@@H](C)CO)C(=O)Cc2cc(NS(C)(=O)=O)ccc2O[C@H]1CN(C)Cc1ccccc1. The minimum Gasteiger partial charge on any atom is -0.488 e. The van der Waals surface area contributed by atoms with Crippen molar-refractivity contribution >= 4 is 21.6 Å². The lowest BCUT2D eigenvalue weighted by atomic mass is 10.0. The fraction of sp³-hybridized carbons (Fsp3) is 0.480. The number of carbonyl (C=O) groups excluding carboxylic acids is 1. The first kappa shape index (κ1) is 26.0. The third kappa shape index (κ3) is 7.19. The molecule has 0 aromatic heterocycles. The number of amides is 1. The Morgan fingerprint density at radius 2 is 1.94 bits per heavy atom. The zero-order chi connectivity index (χ0) is 24.9. The van der Waals surface area contributed by atoms with Gasteiger partial charge in [-0.1, -0.05) is 37.3 Å². The van der Waals surface area contributed by atoms with Crippen LogP contribution >= 0.6 is 0 Å². The smallest absolute Gasteiger partial charge is 0.229 e. The number of anilines is 1. The summed E-state index contributed by atoms with van der Waals surface area (Å²) in [5.41, 5.74) is 2.19. The van der Waals surface area contributed by atoms with E-state index in [1.807, 2.05) is 32.2 Å². The Morgan fingerprint density at radius 1 is 1.24 bits per heavy atom. The van der Waals surface area contributed by atoms with Gasteiger partial charge in [-0.25, -0.2) is 8.42 Å². The average molecular weight is 490 g/mol. The third-order valence-corrected chi connectivity index (χ3v) is 6.61.